The molecule has 0 aliphatic heterocycles. The fourth-order valence-electron chi connectivity index (χ4n) is 2.40. The summed E-state index contributed by atoms with van der Waals surface area (Å²) in [5.41, 5.74) is 2.80. The van der Waals surface area contributed by atoms with Gasteiger partial charge in [-0.1, -0.05) is 13.8 Å². The van der Waals surface area contributed by atoms with E-state index >= 15 is 0 Å². The lowest BCUT2D eigenvalue weighted by atomic mass is 9.92. The van der Waals surface area contributed by atoms with Crippen LogP contribution in [0.4, 0.5) is 5.69 Å². The minimum atomic E-state index is -0.00279. The van der Waals surface area contributed by atoms with E-state index in [1.165, 1.54) is 0 Å². The van der Waals surface area contributed by atoms with Crippen LogP contribution in [0.5, 0.6) is 0 Å². The molecule has 0 bridgehead atoms. The number of nitrogens with one attached hydrogen (secondary N) is 2. The molecule has 0 fully saturated rings. The number of rotatable bonds is 6. The Bertz CT molecular complexity index is 467. The van der Waals surface area contributed by atoms with Gasteiger partial charge in [-0.05, 0) is 50.2 Å². The Morgan fingerprint density at radius 2 is 1.95 bits per heavy atom. The Balaban J connectivity index is 2.68. The van der Waals surface area contributed by atoms with Crippen LogP contribution in [-0.2, 0) is 0 Å². The maximum atomic E-state index is 12.3. The average molecular weight is 277 g/mol. The molecule has 1 aromatic carbocycles. The summed E-state index contributed by atoms with van der Waals surface area (Å²) in [4.78, 5) is 14.4. The highest BCUT2D eigenvalue weighted by Gasteiger charge is 2.20. The van der Waals surface area contributed by atoms with Gasteiger partial charge >= 0.3 is 0 Å². The van der Waals surface area contributed by atoms with Gasteiger partial charge in [0.05, 0.1) is 0 Å². The van der Waals surface area contributed by atoms with E-state index in [0.29, 0.717) is 6.54 Å². The summed E-state index contributed by atoms with van der Waals surface area (Å²) in [5.74, 6) is -0.00279. The molecule has 0 heterocycles. The minimum absolute atomic E-state index is 0.00279. The van der Waals surface area contributed by atoms with Gasteiger partial charge in [-0.25, -0.2) is 0 Å². The van der Waals surface area contributed by atoms with Gasteiger partial charge in [0.15, 0.2) is 0 Å². The fraction of sp³-hybridized carbons (Fsp3) is 0.562. The second-order valence-electron chi connectivity index (χ2n) is 6.36. The minimum Gasteiger partial charge on any atom is -0.388 e. The lowest BCUT2D eigenvalue weighted by Crippen LogP contribution is -2.40. The molecule has 1 amide bonds. The summed E-state index contributed by atoms with van der Waals surface area (Å²) in [5, 5.41) is 6.11. The van der Waals surface area contributed by atoms with Gasteiger partial charge in [0.1, 0.15) is 0 Å². The number of amides is 1. The lowest BCUT2D eigenvalue weighted by molar-refractivity contribution is 0.0928. The first-order valence-corrected chi connectivity index (χ1v) is 6.96. The molecule has 0 saturated heterocycles. The maximum absolute atomic E-state index is 12.3. The standard InChI is InChI=1S/C16H27N3O/c1-12-9-13(17-4)7-8-14(12)15(20)18-10-16(2,3)11-19(5)6/h7-9,17H,10-11H2,1-6H3,(H,18,20). The van der Waals surface area contributed by atoms with Crippen LogP contribution < -0.4 is 10.6 Å². The number of carbonyl (C=O) groups excluding carboxylic acids is 1. The molecule has 4 heteroatoms. The molecule has 0 spiro atoms. The first-order chi connectivity index (χ1) is 9.25. The average Bonchev–Trinajstić information content (AvgIpc) is 2.34. The highest BCUT2D eigenvalue weighted by atomic mass is 16.1. The zero-order valence-corrected chi connectivity index (χ0v) is 13.5. The first kappa shape index (κ1) is 16.5. The normalized spacial score (nSPS) is 11.6. The molecule has 2 N–H and O–H groups in total. The van der Waals surface area contributed by atoms with Crippen molar-refractivity contribution in [3.8, 4) is 0 Å². The number of aryl methyl sites for hydroxylation is 1. The predicted octanol–water partition coefficient (Wildman–Crippen LogP) is 2.35. The quantitative estimate of drug-likeness (QED) is 0.839. The Labute approximate surface area is 122 Å². The lowest BCUT2D eigenvalue weighted by Gasteiger charge is -2.28. The molecule has 0 aliphatic carbocycles. The van der Waals surface area contributed by atoms with Gasteiger partial charge in [0.25, 0.3) is 5.91 Å². The molecule has 20 heavy (non-hydrogen) atoms. The second-order valence-corrected chi connectivity index (χ2v) is 6.36. The van der Waals surface area contributed by atoms with Crippen molar-refractivity contribution in [1.29, 1.82) is 0 Å². The Morgan fingerprint density at radius 3 is 2.45 bits per heavy atom. The smallest absolute Gasteiger partial charge is 0.251 e. The van der Waals surface area contributed by atoms with Crippen molar-refractivity contribution in [2.45, 2.75) is 20.8 Å². The Hall–Kier alpha value is -1.55. The summed E-state index contributed by atoms with van der Waals surface area (Å²) in [6.45, 7) is 7.87. The van der Waals surface area contributed by atoms with E-state index < -0.39 is 0 Å². The molecule has 0 aliphatic rings. The number of benzene rings is 1. The zero-order chi connectivity index (χ0) is 15.3. The summed E-state index contributed by atoms with van der Waals surface area (Å²) in [6, 6.07) is 5.78. The number of hydrogen-bond donors (Lipinski definition) is 2. The van der Waals surface area contributed by atoms with Gasteiger partial charge in [-0.3, -0.25) is 4.79 Å². The summed E-state index contributed by atoms with van der Waals surface area (Å²) in [7, 11) is 5.96. The molecular formula is C16H27N3O. The van der Waals surface area contributed by atoms with E-state index in [1.54, 1.807) is 0 Å². The largest absolute Gasteiger partial charge is 0.388 e. The highest BCUT2D eigenvalue weighted by Crippen LogP contribution is 2.17. The van der Waals surface area contributed by atoms with E-state index in [9.17, 15) is 4.79 Å². The second kappa shape index (κ2) is 6.75. The van der Waals surface area contributed by atoms with E-state index in [0.717, 1.165) is 23.4 Å². The van der Waals surface area contributed by atoms with Crippen LogP contribution in [0.1, 0.15) is 29.8 Å². The molecule has 1 rings (SSSR count). The van der Waals surface area contributed by atoms with E-state index in [1.807, 2.05) is 46.3 Å². The molecule has 4 nitrogen and oxygen atoms in total. The number of nitrogens with zero attached hydrogens (tertiary/aromatic N) is 1. The number of hydrogen-bond acceptors (Lipinski definition) is 3. The third-order valence-corrected chi connectivity index (χ3v) is 3.23. The van der Waals surface area contributed by atoms with Crippen LogP contribution in [0.3, 0.4) is 0 Å². The molecule has 0 saturated carbocycles. The van der Waals surface area contributed by atoms with Crippen molar-refractivity contribution in [2.24, 2.45) is 5.41 Å². The van der Waals surface area contributed by atoms with Crippen LogP contribution in [0.15, 0.2) is 18.2 Å². The first-order valence-electron chi connectivity index (χ1n) is 6.96. The van der Waals surface area contributed by atoms with Crippen LogP contribution in [0.25, 0.3) is 0 Å². The van der Waals surface area contributed by atoms with Crippen LogP contribution in [0, 0.1) is 12.3 Å². The molecule has 0 radical (unpaired) electrons. The van der Waals surface area contributed by atoms with E-state index in [4.69, 9.17) is 0 Å². The SMILES string of the molecule is CNc1ccc(C(=O)NCC(C)(C)CN(C)C)c(C)c1. The van der Waals surface area contributed by atoms with Crippen molar-refractivity contribution in [3.05, 3.63) is 29.3 Å². The molecule has 1 aromatic rings. The van der Waals surface area contributed by atoms with Gasteiger partial charge in [-0.2, -0.15) is 0 Å². The van der Waals surface area contributed by atoms with Crippen molar-refractivity contribution in [2.75, 3.05) is 39.5 Å². The predicted molar refractivity (Wildman–Crippen MR) is 85.4 cm³/mol. The Kier molecular flexibility index (Phi) is 5.57. The number of anilines is 1. The molecular weight excluding hydrogens is 250 g/mol. The third kappa shape index (κ3) is 4.85. The van der Waals surface area contributed by atoms with E-state index in [2.05, 4.69) is 29.4 Å². The van der Waals surface area contributed by atoms with Crippen molar-refractivity contribution >= 4 is 11.6 Å². The van der Waals surface area contributed by atoms with Gasteiger partial charge in [0, 0.05) is 31.4 Å². The maximum Gasteiger partial charge on any atom is 0.251 e. The van der Waals surface area contributed by atoms with Crippen molar-refractivity contribution < 1.29 is 4.79 Å². The molecule has 112 valence electrons. The van der Waals surface area contributed by atoms with E-state index in [-0.39, 0.29) is 11.3 Å². The van der Waals surface area contributed by atoms with Crippen LogP contribution in [-0.4, -0.2) is 45.0 Å². The molecule has 0 aromatic heterocycles. The summed E-state index contributed by atoms with van der Waals surface area (Å²) >= 11 is 0. The summed E-state index contributed by atoms with van der Waals surface area (Å²) < 4.78 is 0. The third-order valence-electron chi connectivity index (χ3n) is 3.23. The van der Waals surface area contributed by atoms with Crippen LogP contribution in [0.2, 0.25) is 0 Å². The monoisotopic (exact) mass is 277 g/mol. The Morgan fingerprint density at radius 1 is 1.30 bits per heavy atom. The summed E-state index contributed by atoms with van der Waals surface area (Å²) in [6.07, 6.45) is 0. The van der Waals surface area contributed by atoms with Crippen molar-refractivity contribution in [1.82, 2.24) is 10.2 Å². The molecule has 0 unspecified atom stereocenters. The van der Waals surface area contributed by atoms with Gasteiger partial charge in [-0.15, -0.1) is 0 Å². The van der Waals surface area contributed by atoms with Crippen LogP contribution >= 0.6 is 0 Å². The fourth-order valence-corrected chi connectivity index (χ4v) is 2.40. The topological polar surface area (TPSA) is 44.4 Å². The number of carbonyl (C=O) groups is 1. The van der Waals surface area contributed by atoms with Gasteiger partial charge < -0.3 is 15.5 Å². The molecule has 0 atom stereocenters. The highest BCUT2D eigenvalue weighted by molar-refractivity contribution is 5.96. The van der Waals surface area contributed by atoms with Crippen molar-refractivity contribution in [3.63, 3.8) is 0 Å². The van der Waals surface area contributed by atoms with Gasteiger partial charge in [0.2, 0.25) is 0 Å². The zero-order valence-electron chi connectivity index (χ0n) is 13.5.